The predicted molar refractivity (Wildman–Crippen MR) is 80.9 cm³/mol. The first-order chi connectivity index (χ1) is 9.92. The number of rotatable bonds is 3. The number of hydrogen-bond acceptors (Lipinski definition) is 4. The zero-order valence-electron chi connectivity index (χ0n) is 10.9. The Morgan fingerprint density at radius 1 is 1.43 bits per heavy atom. The molecule has 0 aliphatic heterocycles. The lowest BCUT2D eigenvalue weighted by atomic mass is 10.1. The highest BCUT2D eigenvalue weighted by Gasteiger charge is 2.10. The Bertz CT molecular complexity index is 813. The Kier molecular flexibility index (Phi) is 4.64. The standard InChI is InChI=1S/C13H10BrClN2O4/c1-21-12(19)7-2-3-8(9(14)4-7)5-17-6-10(15)11(18)16-13(17)20/h2-4,6H,5H2,1H3,(H,16,18,20). The van der Waals surface area contributed by atoms with Gasteiger partial charge in [0.25, 0.3) is 5.56 Å². The topological polar surface area (TPSA) is 81.2 Å². The first-order valence-electron chi connectivity index (χ1n) is 5.78. The van der Waals surface area contributed by atoms with Crippen LogP contribution in [0.4, 0.5) is 0 Å². The van der Waals surface area contributed by atoms with E-state index in [1.165, 1.54) is 17.9 Å². The van der Waals surface area contributed by atoms with E-state index >= 15 is 0 Å². The Labute approximate surface area is 132 Å². The molecule has 0 aliphatic rings. The monoisotopic (exact) mass is 372 g/mol. The molecule has 6 nitrogen and oxygen atoms in total. The van der Waals surface area contributed by atoms with Crippen LogP contribution in [0.1, 0.15) is 15.9 Å². The summed E-state index contributed by atoms with van der Waals surface area (Å²) in [6.45, 7) is 0.192. The van der Waals surface area contributed by atoms with Crippen molar-refractivity contribution in [1.29, 1.82) is 0 Å². The normalized spacial score (nSPS) is 10.4. The Morgan fingerprint density at radius 3 is 2.76 bits per heavy atom. The zero-order chi connectivity index (χ0) is 15.6. The molecule has 0 amide bonds. The fraction of sp³-hybridized carbons (Fsp3) is 0.154. The van der Waals surface area contributed by atoms with Gasteiger partial charge in [0.15, 0.2) is 0 Å². The molecule has 1 aromatic heterocycles. The Balaban J connectivity index is 2.37. The van der Waals surface area contributed by atoms with Crippen LogP contribution in [-0.2, 0) is 11.3 Å². The van der Waals surface area contributed by atoms with Gasteiger partial charge < -0.3 is 4.74 Å². The van der Waals surface area contributed by atoms with Crippen LogP contribution in [0.2, 0.25) is 5.02 Å². The van der Waals surface area contributed by atoms with Gasteiger partial charge in [-0.3, -0.25) is 14.3 Å². The number of nitrogens with zero attached hydrogens (tertiary/aromatic N) is 1. The second-order valence-electron chi connectivity index (χ2n) is 4.16. The minimum atomic E-state index is -0.627. The third kappa shape index (κ3) is 3.43. The summed E-state index contributed by atoms with van der Waals surface area (Å²) in [5.41, 5.74) is -0.0563. The van der Waals surface area contributed by atoms with Gasteiger partial charge in [0.1, 0.15) is 5.02 Å². The van der Waals surface area contributed by atoms with E-state index in [1.54, 1.807) is 18.2 Å². The molecule has 8 heteroatoms. The number of carbonyl (C=O) groups is 1. The van der Waals surface area contributed by atoms with Gasteiger partial charge in [0, 0.05) is 10.7 Å². The van der Waals surface area contributed by atoms with E-state index < -0.39 is 17.2 Å². The van der Waals surface area contributed by atoms with Gasteiger partial charge in [-0.05, 0) is 17.7 Å². The maximum absolute atomic E-state index is 11.7. The van der Waals surface area contributed by atoms with E-state index in [2.05, 4.69) is 25.7 Å². The van der Waals surface area contributed by atoms with E-state index in [4.69, 9.17) is 11.6 Å². The quantitative estimate of drug-likeness (QED) is 0.832. The highest BCUT2D eigenvalue weighted by atomic mass is 79.9. The molecule has 1 heterocycles. The first kappa shape index (κ1) is 15.5. The maximum atomic E-state index is 11.7. The summed E-state index contributed by atoms with van der Waals surface area (Å²) in [6.07, 6.45) is 1.27. The van der Waals surface area contributed by atoms with E-state index in [9.17, 15) is 14.4 Å². The summed E-state index contributed by atoms with van der Waals surface area (Å²) in [5, 5.41) is -0.0723. The molecule has 0 saturated heterocycles. The van der Waals surface area contributed by atoms with Gasteiger partial charge in [-0.1, -0.05) is 33.6 Å². The lowest BCUT2D eigenvalue weighted by molar-refractivity contribution is 0.0600. The van der Waals surface area contributed by atoms with E-state index in [0.717, 1.165) is 5.56 Å². The van der Waals surface area contributed by atoms with Crippen LogP contribution in [0.5, 0.6) is 0 Å². The number of aromatic amines is 1. The summed E-state index contributed by atoms with van der Waals surface area (Å²) in [4.78, 5) is 36.4. The van der Waals surface area contributed by atoms with Gasteiger partial charge in [-0.15, -0.1) is 0 Å². The van der Waals surface area contributed by atoms with Crippen molar-refractivity contribution in [2.75, 3.05) is 7.11 Å². The third-order valence-corrected chi connectivity index (χ3v) is 3.79. The summed E-state index contributed by atoms with van der Waals surface area (Å²) in [6, 6.07) is 4.87. The van der Waals surface area contributed by atoms with Gasteiger partial charge in [0.05, 0.1) is 19.2 Å². The van der Waals surface area contributed by atoms with Crippen LogP contribution in [-0.4, -0.2) is 22.6 Å². The highest BCUT2D eigenvalue weighted by Crippen LogP contribution is 2.20. The zero-order valence-corrected chi connectivity index (χ0v) is 13.2. The highest BCUT2D eigenvalue weighted by molar-refractivity contribution is 9.10. The largest absolute Gasteiger partial charge is 0.465 e. The van der Waals surface area contributed by atoms with Crippen molar-refractivity contribution in [3.63, 3.8) is 0 Å². The van der Waals surface area contributed by atoms with Crippen LogP contribution in [0.15, 0.2) is 38.5 Å². The van der Waals surface area contributed by atoms with Crippen LogP contribution < -0.4 is 11.2 Å². The number of carbonyl (C=O) groups excluding carboxylic acids is 1. The average Bonchev–Trinajstić information content (AvgIpc) is 2.45. The second-order valence-corrected chi connectivity index (χ2v) is 5.42. The Morgan fingerprint density at radius 2 is 2.14 bits per heavy atom. The van der Waals surface area contributed by atoms with Crippen molar-refractivity contribution >= 4 is 33.5 Å². The van der Waals surface area contributed by atoms with E-state index in [-0.39, 0.29) is 11.6 Å². The first-order valence-corrected chi connectivity index (χ1v) is 6.95. The molecule has 110 valence electrons. The molecule has 2 rings (SSSR count). The Hall–Kier alpha value is -1.86. The molecule has 1 aromatic carbocycles. The van der Waals surface area contributed by atoms with Crippen LogP contribution in [0.25, 0.3) is 0 Å². The summed E-state index contributed by atoms with van der Waals surface area (Å²) in [5.74, 6) is -0.452. The van der Waals surface area contributed by atoms with Gasteiger partial charge >= 0.3 is 11.7 Å². The smallest absolute Gasteiger partial charge is 0.337 e. The molecule has 0 bridgehead atoms. The van der Waals surface area contributed by atoms with Crippen molar-refractivity contribution in [2.45, 2.75) is 6.54 Å². The minimum Gasteiger partial charge on any atom is -0.465 e. The van der Waals surface area contributed by atoms with Crippen molar-refractivity contribution in [3.05, 3.63) is 65.9 Å². The molecule has 1 N–H and O–H groups in total. The number of aromatic nitrogens is 2. The number of esters is 1. The molecule has 0 spiro atoms. The van der Waals surface area contributed by atoms with Crippen molar-refractivity contribution in [2.24, 2.45) is 0 Å². The van der Waals surface area contributed by atoms with Crippen molar-refractivity contribution < 1.29 is 9.53 Å². The molecule has 0 atom stereocenters. The van der Waals surface area contributed by atoms with Gasteiger partial charge in [-0.25, -0.2) is 9.59 Å². The molecule has 0 aliphatic carbocycles. The molecule has 21 heavy (non-hydrogen) atoms. The number of H-pyrrole nitrogens is 1. The molecule has 0 radical (unpaired) electrons. The second kappa shape index (κ2) is 6.28. The predicted octanol–water partition coefficient (Wildman–Crippen LogP) is 1.79. The van der Waals surface area contributed by atoms with Crippen LogP contribution in [0, 0.1) is 0 Å². The molecule has 0 unspecified atom stereocenters. The fourth-order valence-corrected chi connectivity index (χ4v) is 2.37. The number of methoxy groups -OCH3 is 1. The fourth-order valence-electron chi connectivity index (χ4n) is 1.70. The molecular weight excluding hydrogens is 364 g/mol. The number of benzene rings is 1. The average molecular weight is 374 g/mol. The molecule has 0 saturated carbocycles. The maximum Gasteiger partial charge on any atom is 0.337 e. The lowest BCUT2D eigenvalue weighted by Crippen LogP contribution is -2.30. The van der Waals surface area contributed by atoms with Gasteiger partial charge in [0.2, 0.25) is 0 Å². The van der Waals surface area contributed by atoms with Crippen molar-refractivity contribution in [1.82, 2.24) is 9.55 Å². The van der Waals surface area contributed by atoms with E-state index in [0.29, 0.717) is 10.0 Å². The lowest BCUT2D eigenvalue weighted by Gasteiger charge is -2.09. The number of nitrogens with one attached hydrogen (secondary N) is 1. The number of hydrogen-bond donors (Lipinski definition) is 1. The SMILES string of the molecule is COC(=O)c1ccc(Cn2cc(Cl)c(=O)[nH]c2=O)c(Br)c1. The van der Waals surface area contributed by atoms with E-state index in [1.807, 2.05) is 0 Å². The summed E-state index contributed by atoms with van der Waals surface area (Å²) in [7, 11) is 1.30. The molecule has 0 fully saturated rings. The number of ether oxygens (including phenoxy) is 1. The summed E-state index contributed by atoms with van der Waals surface area (Å²) < 4.78 is 6.53. The third-order valence-electron chi connectivity index (χ3n) is 2.78. The molecular formula is C13H10BrClN2O4. The van der Waals surface area contributed by atoms with Crippen molar-refractivity contribution in [3.8, 4) is 0 Å². The van der Waals surface area contributed by atoms with Crippen LogP contribution >= 0.6 is 27.5 Å². The van der Waals surface area contributed by atoms with Crippen LogP contribution in [0.3, 0.4) is 0 Å². The molecule has 2 aromatic rings. The minimum absolute atomic E-state index is 0.0723. The summed E-state index contributed by atoms with van der Waals surface area (Å²) >= 11 is 9.03. The number of halogens is 2. The van der Waals surface area contributed by atoms with Gasteiger partial charge in [-0.2, -0.15) is 0 Å².